The third-order valence-corrected chi connectivity index (χ3v) is 5.98. The summed E-state index contributed by atoms with van der Waals surface area (Å²) in [6.07, 6.45) is 1.76. The summed E-state index contributed by atoms with van der Waals surface area (Å²) in [6, 6.07) is 5.06. The first-order valence-corrected chi connectivity index (χ1v) is 8.97. The van der Waals surface area contributed by atoms with Gasteiger partial charge < -0.3 is 5.11 Å². The smallest absolute Gasteiger partial charge is 0.241 e. The van der Waals surface area contributed by atoms with Gasteiger partial charge in [-0.25, -0.2) is 13.1 Å². The molecule has 0 amide bonds. The van der Waals surface area contributed by atoms with Crippen LogP contribution in [0.3, 0.4) is 0 Å². The molecular formula is C13H19NO3S2. The van der Waals surface area contributed by atoms with Crippen molar-refractivity contribution in [3.8, 4) is 0 Å². The van der Waals surface area contributed by atoms with E-state index in [1.165, 1.54) is 0 Å². The van der Waals surface area contributed by atoms with Gasteiger partial charge in [-0.15, -0.1) is 0 Å². The summed E-state index contributed by atoms with van der Waals surface area (Å²) in [5.74, 6) is 2.01. The summed E-state index contributed by atoms with van der Waals surface area (Å²) in [6.45, 7) is 1.62. The molecule has 0 bridgehead atoms. The molecule has 1 fully saturated rings. The van der Waals surface area contributed by atoms with E-state index in [9.17, 15) is 8.42 Å². The molecule has 2 N–H and O–H groups in total. The van der Waals surface area contributed by atoms with Crippen LogP contribution >= 0.6 is 11.8 Å². The van der Waals surface area contributed by atoms with Gasteiger partial charge in [0.05, 0.1) is 11.5 Å². The monoisotopic (exact) mass is 301 g/mol. The molecule has 106 valence electrons. The Morgan fingerprint density at radius 3 is 2.68 bits per heavy atom. The van der Waals surface area contributed by atoms with Crippen LogP contribution in [-0.4, -0.2) is 31.1 Å². The second kappa shape index (κ2) is 6.26. The lowest BCUT2D eigenvalue weighted by atomic mass is 10.2. The normalized spacial score (nSPS) is 17.6. The van der Waals surface area contributed by atoms with Crippen LogP contribution in [0.15, 0.2) is 23.1 Å². The molecule has 0 spiro atoms. The average molecular weight is 301 g/mol. The van der Waals surface area contributed by atoms with Gasteiger partial charge in [-0.05, 0) is 48.5 Å². The quantitative estimate of drug-likeness (QED) is 0.887. The van der Waals surface area contributed by atoms with Crippen molar-refractivity contribution in [2.24, 2.45) is 0 Å². The minimum atomic E-state index is -3.49. The number of aryl methyl sites for hydroxylation is 1. The van der Waals surface area contributed by atoms with Gasteiger partial charge in [0.2, 0.25) is 10.0 Å². The van der Waals surface area contributed by atoms with Gasteiger partial charge in [-0.2, -0.15) is 11.8 Å². The Labute approximate surface area is 118 Å². The third kappa shape index (κ3) is 3.72. The summed E-state index contributed by atoms with van der Waals surface area (Å²) in [4.78, 5) is 0.275. The lowest BCUT2D eigenvalue weighted by molar-refractivity contribution is 0.281. The average Bonchev–Trinajstić information content (AvgIpc) is 2.39. The van der Waals surface area contributed by atoms with Crippen LogP contribution in [-0.2, 0) is 16.6 Å². The van der Waals surface area contributed by atoms with Crippen LogP contribution < -0.4 is 4.72 Å². The van der Waals surface area contributed by atoms with Crippen molar-refractivity contribution in [3.05, 3.63) is 29.3 Å². The minimum Gasteiger partial charge on any atom is -0.392 e. The number of hydrogen-bond acceptors (Lipinski definition) is 4. The molecule has 1 aliphatic heterocycles. The number of nitrogens with one attached hydrogen (secondary N) is 1. The summed E-state index contributed by atoms with van der Waals surface area (Å²) >= 11 is 1.86. The summed E-state index contributed by atoms with van der Waals surface area (Å²) in [7, 11) is -3.49. The molecule has 0 radical (unpaired) electrons. The fourth-order valence-electron chi connectivity index (χ4n) is 2.13. The molecule has 1 saturated heterocycles. The zero-order chi connectivity index (χ0) is 13.9. The van der Waals surface area contributed by atoms with Gasteiger partial charge in [0.15, 0.2) is 0 Å². The molecule has 0 aromatic heterocycles. The number of benzene rings is 1. The van der Waals surface area contributed by atoms with Gasteiger partial charge in [-0.1, -0.05) is 12.1 Å². The summed E-state index contributed by atoms with van der Waals surface area (Å²) in [5.41, 5.74) is 1.32. The molecule has 2 rings (SSSR count). The lowest BCUT2D eigenvalue weighted by Gasteiger charge is -2.23. The van der Waals surface area contributed by atoms with Crippen LogP contribution in [0.1, 0.15) is 24.0 Å². The maximum atomic E-state index is 12.4. The van der Waals surface area contributed by atoms with E-state index in [0.29, 0.717) is 11.1 Å². The molecule has 6 heteroatoms. The molecule has 0 atom stereocenters. The predicted molar refractivity (Wildman–Crippen MR) is 77.8 cm³/mol. The van der Waals surface area contributed by atoms with Crippen molar-refractivity contribution >= 4 is 21.8 Å². The number of rotatable bonds is 4. The maximum Gasteiger partial charge on any atom is 0.241 e. The number of sulfonamides is 1. The van der Waals surface area contributed by atoms with Crippen LogP contribution in [0, 0.1) is 6.92 Å². The Kier molecular flexibility index (Phi) is 4.89. The van der Waals surface area contributed by atoms with Crippen LogP contribution in [0.4, 0.5) is 0 Å². The molecule has 1 aromatic carbocycles. The van der Waals surface area contributed by atoms with Gasteiger partial charge in [0.1, 0.15) is 0 Å². The topological polar surface area (TPSA) is 66.4 Å². The van der Waals surface area contributed by atoms with E-state index in [0.717, 1.165) is 24.3 Å². The van der Waals surface area contributed by atoms with Crippen molar-refractivity contribution in [1.82, 2.24) is 4.72 Å². The number of aliphatic hydroxyl groups excluding tert-OH is 1. The van der Waals surface area contributed by atoms with Crippen molar-refractivity contribution in [2.45, 2.75) is 37.3 Å². The zero-order valence-corrected chi connectivity index (χ0v) is 12.6. The molecule has 4 nitrogen and oxygen atoms in total. The van der Waals surface area contributed by atoms with Gasteiger partial charge in [0, 0.05) is 6.04 Å². The largest absolute Gasteiger partial charge is 0.392 e. The van der Waals surface area contributed by atoms with Crippen LogP contribution in [0.25, 0.3) is 0 Å². The summed E-state index contributed by atoms with van der Waals surface area (Å²) < 4.78 is 27.6. The van der Waals surface area contributed by atoms with E-state index in [2.05, 4.69) is 4.72 Å². The van der Waals surface area contributed by atoms with Crippen molar-refractivity contribution in [3.63, 3.8) is 0 Å². The first kappa shape index (κ1) is 14.8. The minimum absolute atomic E-state index is 0.0310. The first-order chi connectivity index (χ1) is 9.03. The van der Waals surface area contributed by atoms with Crippen LogP contribution in [0.5, 0.6) is 0 Å². The first-order valence-electron chi connectivity index (χ1n) is 6.33. The third-order valence-electron chi connectivity index (χ3n) is 3.27. The van der Waals surface area contributed by atoms with Crippen molar-refractivity contribution < 1.29 is 13.5 Å². The Morgan fingerprint density at radius 1 is 1.37 bits per heavy atom. The number of aliphatic hydroxyl groups is 1. The molecule has 0 aliphatic carbocycles. The molecular weight excluding hydrogens is 282 g/mol. The van der Waals surface area contributed by atoms with E-state index >= 15 is 0 Å². The van der Waals surface area contributed by atoms with Crippen molar-refractivity contribution in [1.29, 1.82) is 0 Å². The lowest BCUT2D eigenvalue weighted by Crippen LogP contribution is -2.37. The van der Waals surface area contributed by atoms with Crippen LogP contribution in [0.2, 0.25) is 0 Å². The van der Waals surface area contributed by atoms with E-state index in [4.69, 9.17) is 5.11 Å². The molecule has 1 aromatic rings. The highest BCUT2D eigenvalue weighted by Crippen LogP contribution is 2.21. The van der Waals surface area contributed by atoms with E-state index in [1.807, 2.05) is 11.8 Å². The Morgan fingerprint density at radius 2 is 2.05 bits per heavy atom. The fraction of sp³-hybridized carbons (Fsp3) is 0.538. The van der Waals surface area contributed by atoms with E-state index in [-0.39, 0.29) is 17.5 Å². The standard InChI is InChI=1S/C13H19NO3S2/c1-10-2-3-11(9-15)8-13(10)19(16,17)14-12-4-6-18-7-5-12/h2-3,8,12,14-15H,4-7,9H2,1H3. The fourth-order valence-corrected chi connectivity index (χ4v) is 4.84. The van der Waals surface area contributed by atoms with E-state index < -0.39 is 10.0 Å². The second-order valence-corrected chi connectivity index (χ2v) is 7.67. The highest BCUT2D eigenvalue weighted by atomic mass is 32.2. The van der Waals surface area contributed by atoms with Crippen molar-refractivity contribution in [2.75, 3.05) is 11.5 Å². The number of thioether (sulfide) groups is 1. The second-order valence-electron chi connectivity index (χ2n) is 4.77. The van der Waals surface area contributed by atoms with E-state index in [1.54, 1.807) is 25.1 Å². The molecule has 0 unspecified atom stereocenters. The van der Waals surface area contributed by atoms with Gasteiger partial charge in [-0.3, -0.25) is 0 Å². The predicted octanol–water partition coefficient (Wildman–Crippen LogP) is 1.66. The maximum absolute atomic E-state index is 12.4. The Hall–Kier alpha value is -0.560. The van der Waals surface area contributed by atoms with Gasteiger partial charge in [0.25, 0.3) is 0 Å². The molecule has 1 heterocycles. The van der Waals surface area contributed by atoms with Gasteiger partial charge >= 0.3 is 0 Å². The highest BCUT2D eigenvalue weighted by Gasteiger charge is 2.23. The highest BCUT2D eigenvalue weighted by molar-refractivity contribution is 7.99. The molecule has 19 heavy (non-hydrogen) atoms. The number of hydrogen-bond donors (Lipinski definition) is 2. The SMILES string of the molecule is Cc1ccc(CO)cc1S(=O)(=O)NC1CCSCC1. The molecule has 1 aliphatic rings. The zero-order valence-electron chi connectivity index (χ0n) is 10.9. The Balaban J connectivity index is 2.23. The summed E-state index contributed by atoms with van der Waals surface area (Å²) in [5, 5.41) is 9.12. The Bertz CT molecular complexity index is 537. The molecule has 0 saturated carbocycles.